The Morgan fingerprint density at radius 1 is 1.48 bits per heavy atom. The van der Waals surface area contributed by atoms with Gasteiger partial charge < -0.3 is 10.2 Å². The minimum Gasteiger partial charge on any atom is -0.347 e. The molecule has 1 amide bonds. The quantitative estimate of drug-likeness (QED) is 0.576. The molecule has 1 atom stereocenters. The molecular formula is C13H23N5O3. The monoisotopic (exact) mass is 297 g/mol. The number of amides is 1. The van der Waals surface area contributed by atoms with Crippen molar-refractivity contribution in [1.29, 1.82) is 0 Å². The minimum absolute atomic E-state index is 0.108. The third kappa shape index (κ3) is 4.52. The Morgan fingerprint density at radius 3 is 2.57 bits per heavy atom. The Bertz CT molecular complexity index is 496. The van der Waals surface area contributed by atoms with Crippen LogP contribution >= 0.6 is 0 Å². The summed E-state index contributed by atoms with van der Waals surface area (Å²) in [6, 6.07) is -0.108. The largest absolute Gasteiger partial charge is 0.347 e. The van der Waals surface area contributed by atoms with Crippen LogP contribution in [-0.4, -0.2) is 51.2 Å². The first-order chi connectivity index (χ1) is 9.92. The number of nitrogens with one attached hydrogen (secondary N) is 1. The van der Waals surface area contributed by atoms with E-state index in [1.54, 1.807) is 6.92 Å². The minimum atomic E-state index is -0.580. The maximum Gasteiger partial charge on any atom is 0.320 e. The van der Waals surface area contributed by atoms with Gasteiger partial charge in [-0.2, -0.15) is 5.10 Å². The standard InChI is InChI=1S/C13H23N5O3/c1-5-16(6-2)8-10(4)14-13(19)12-11(18(20)21)9-17(7-3)15-12/h9-10H,5-8H2,1-4H3,(H,14,19). The van der Waals surface area contributed by atoms with Crippen LogP contribution in [0.1, 0.15) is 38.2 Å². The maximum absolute atomic E-state index is 12.2. The van der Waals surface area contributed by atoms with E-state index in [9.17, 15) is 14.9 Å². The van der Waals surface area contributed by atoms with Gasteiger partial charge in [0.1, 0.15) is 6.20 Å². The van der Waals surface area contributed by atoms with Crippen molar-refractivity contribution in [3.05, 3.63) is 22.0 Å². The summed E-state index contributed by atoms with van der Waals surface area (Å²) in [5, 5.41) is 17.7. The molecule has 0 radical (unpaired) electrons. The third-order valence-corrected chi connectivity index (χ3v) is 3.28. The second-order valence-electron chi connectivity index (χ2n) is 4.84. The number of nitro groups is 1. The Labute approximate surface area is 124 Å². The van der Waals surface area contributed by atoms with Crippen LogP contribution in [0, 0.1) is 10.1 Å². The molecule has 0 aliphatic rings. The highest BCUT2D eigenvalue weighted by Gasteiger charge is 2.26. The molecule has 0 bridgehead atoms. The van der Waals surface area contributed by atoms with Gasteiger partial charge in [0.15, 0.2) is 0 Å². The van der Waals surface area contributed by atoms with Gasteiger partial charge in [-0.25, -0.2) is 0 Å². The van der Waals surface area contributed by atoms with Crippen molar-refractivity contribution in [2.45, 2.75) is 40.3 Å². The van der Waals surface area contributed by atoms with Gasteiger partial charge in [0.05, 0.1) is 4.92 Å². The van der Waals surface area contributed by atoms with Crippen LogP contribution in [-0.2, 0) is 6.54 Å². The highest BCUT2D eigenvalue weighted by atomic mass is 16.6. The fourth-order valence-corrected chi connectivity index (χ4v) is 2.08. The van der Waals surface area contributed by atoms with Gasteiger partial charge in [0, 0.05) is 19.1 Å². The zero-order valence-corrected chi connectivity index (χ0v) is 13.0. The van der Waals surface area contributed by atoms with Crippen molar-refractivity contribution < 1.29 is 9.72 Å². The van der Waals surface area contributed by atoms with Crippen LogP contribution in [0.3, 0.4) is 0 Å². The first-order valence-electron chi connectivity index (χ1n) is 7.17. The lowest BCUT2D eigenvalue weighted by molar-refractivity contribution is -0.385. The normalized spacial score (nSPS) is 12.4. The zero-order valence-electron chi connectivity index (χ0n) is 13.0. The molecule has 118 valence electrons. The number of aryl methyl sites for hydroxylation is 1. The van der Waals surface area contributed by atoms with Gasteiger partial charge >= 0.3 is 5.69 Å². The highest BCUT2D eigenvalue weighted by molar-refractivity contribution is 5.96. The molecule has 8 heteroatoms. The molecule has 0 fully saturated rings. The summed E-state index contributed by atoms with van der Waals surface area (Å²) in [4.78, 5) is 24.7. The number of carbonyl (C=O) groups is 1. The SMILES string of the molecule is CCN(CC)CC(C)NC(=O)c1nn(CC)cc1[N+](=O)[O-]. The smallest absolute Gasteiger partial charge is 0.320 e. The van der Waals surface area contributed by atoms with E-state index in [1.165, 1.54) is 10.9 Å². The molecule has 1 N–H and O–H groups in total. The summed E-state index contributed by atoms with van der Waals surface area (Å²) in [5.74, 6) is -0.506. The molecule has 0 aliphatic heterocycles. The lowest BCUT2D eigenvalue weighted by Crippen LogP contribution is -2.42. The van der Waals surface area contributed by atoms with E-state index in [0.29, 0.717) is 13.1 Å². The summed E-state index contributed by atoms with van der Waals surface area (Å²) >= 11 is 0. The molecule has 0 aromatic carbocycles. The summed E-state index contributed by atoms with van der Waals surface area (Å²) < 4.78 is 1.39. The number of aromatic nitrogens is 2. The van der Waals surface area contributed by atoms with E-state index in [1.807, 2.05) is 20.8 Å². The second-order valence-corrected chi connectivity index (χ2v) is 4.84. The van der Waals surface area contributed by atoms with Crippen molar-refractivity contribution in [1.82, 2.24) is 20.0 Å². The van der Waals surface area contributed by atoms with Crippen molar-refractivity contribution in [3.8, 4) is 0 Å². The number of hydrogen-bond donors (Lipinski definition) is 1. The predicted molar refractivity (Wildman–Crippen MR) is 79.3 cm³/mol. The lowest BCUT2D eigenvalue weighted by atomic mass is 10.2. The first kappa shape index (κ1) is 17.1. The van der Waals surface area contributed by atoms with Crippen molar-refractivity contribution in [2.24, 2.45) is 0 Å². The van der Waals surface area contributed by atoms with Gasteiger partial charge in [-0.05, 0) is 26.9 Å². The predicted octanol–water partition coefficient (Wildman–Crippen LogP) is 1.27. The van der Waals surface area contributed by atoms with Gasteiger partial charge in [0.25, 0.3) is 5.91 Å². The number of rotatable bonds is 8. The molecule has 1 aromatic rings. The molecule has 1 aromatic heterocycles. The van der Waals surface area contributed by atoms with Gasteiger partial charge in [-0.1, -0.05) is 13.8 Å². The van der Waals surface area contributed by atoms with Crippen molar-refractivity contribution in [3.63, 3.8) is 0 Å². The Morgan fingerprint density at radius 2 is 2.10 bits per heavy atom. The summed E-state index contributed by atoms with van der Waals surface area (Å²) in [6.07, 6.45) is 1.28. The van der Waals surface area contributed by atoms with E-state index in [-0.39, 0.29) is 17.4 Å². The van der Waals surface area contributed by atoms with Gasteiger partial charge in [0.2, 0.25) is 5.69 Å². The lowest BCUT2D eigenvalue weighted by Gasteiger charge is -2.23. The highest BCUT2D eigenvalue weighted by Crippen LogP contribution is 2.16. The number of nitrogens with zero attached hydrogens (tertiary/aromatic N) is 4. The molecule has 0 spiro atoms. The Balaban J connectivity index is 2.79. The van der Waals surface area contributed by atoms with Crippen LogP contribution in [0.25, 0.3) is 0 Å². The molecule has 21 heavy (non-hydrogen) atoms. The summed E-state index contributed by atoms with van der Waals surface area (Å²) in [5.41, 5.74) is -0.391. The van der Waals surface area contributed by atoms with Gasteiger partial charge in [-0.3, -0.25) is 19.6 Å². The molecule has 0 saturated heterocycles. The van der Waals surface area contributed by atoms with E-state index >= 15 is 0 Å². The van der Waals surface area contributed by atoms with Crippen LogP contribution in [0.2, 0.25) is 0 Å². The Hall–Kier alpha value is -1.96. The van der Waals surface area contributed by atoms with E-state index in [0.717, 1.165) is 13.1 Å². The van der Waals surface area contributed by atoms with Crippen molar-refractivity contribution >= 4 is 11.6 Å². The first-order valence-corrected chi connectivity index (χ1v) is 7.17. The summed E-state index contributed by atoms with van der Waals surface area (Å²) in [7, 11) is 0. The van der Waals surface area contributed by atoms with Crippen LogP contribution in [0.5, 0.6) is 0 Å². The maximum atomic E-state index is 12.2. The topological polar surface area (TPSA) is 93.3 Å². The number of carbonyl (C=O) groups excluding carboxylic acids is 1. The van der Waals surface area contributed by atoms with E-state index < -0.39 is 10.8 Å². The van der Waals surface area contributed by atoms with Crippen LogP contribution < -0.4 is 5.32 Å². The van der Waals surface area contributed by atoms with Crippen LogP contribution in [0.4, 0.5) is 5.69 Å². The fourth-order valence-electron chi connectivity index (χ4n) is 2.08. The third-order valence-electron chi connectivity index (χ3n) is 3.28. The van der Waals surface area contributed by atoms with Crippen molar-refractivity contribution in [2.75, 3.05) is 19.6 Å². The molecule has 0 aliphatic carbocycles. The molecule has 1 unspecified atom stereocenters. The van der Waals surface area contributed by atoms with Gasteiger partial charge in [-0.15, -0.1) is 0 Å². The molecule has 0 saturated carbocycles. The Kier molecular flexibility index (Phi) is 6.29. The molecule has 1 heterocycles. The zero-order chi connectivity index (χ0) is 16.0. The molecular weight excluding hydrogens is 274 g/mol. The molecule has 1 rings (SSSR count). The molecule has 8 nitrogen and oxygen atoms in total. The average molecular weight is 297 g/mol. The average Bonchev–Trinajstić information content (AvgIpc) is 2.89. The van der Waals surface area contributed by atoms with E-state index in [2.05, 4.69) is 15.3 Å². The fraction of sp³-hybridized carbons (Fsp3) is 0.692. The van der Waals surface area contributed by atoms with Crippen LogP contribution in [0.15, 0.2) is 6.20 Å². The summed E-state index contributed by atoms with van der Waals surface area (Å²) in [6.45, 7) is 10.7. The van der Waals surface area contributed by atoms with E-state index in [4.69, 9.17) is 0 Å². The number of likely N-dealkylation sites (N-methyl/N-ethyl adjacent to an activating group) is 1. The second kappa shape index (κ2) is 7.72. The number of hydrogen-bond acceptors (Lipinski definition) is 5.